The molecule has 1 saturated heterocycles. The number of rotatable bonds is 5. The number of carbonyl (C=O) groups excluding carboxylic acids is 1. The van der Waals surface area contributed by atoms with Gasteiger partial charge in [0.1, 0.15) is 17.6 Å². The Labute approximate surface area is 199 Å². The van der Waals surface area contributed by atoms with Crippen molar-refractivity contribution >= 4 is 17.4 Å². The Morgan fingerprint density at radius 2 is 1.91 bits per heavy atom. The van der Waals surface area contributed by atoms with Gasteiger partial charge in [0.25, 0.3) is 5.91 Å². The van der Waals surface area contributed by atoms with Crippen LogP contribution in [0.5, 0.6) is 0 Å². The zero-order valence-corrected chi connectivity index (χ0v) is 18.7. The van der Waals surface area contributed by atoms with Gasteiger partial charge in [-0.3, -0.25) is 14.8 Å². The maximum atomic E-state index is 13.0. The molecule has 0 atom stereocenters. The summed E-state index contributed by atoms with van der Waals surface area (Å²) in [4.78, 5) is 25.0. The van der Waals surface area contributed by atoms with Crippen molar-refractivity contribution in [2.45, 2.75) is 32.0 Å². The number of nitriles is 1. The van der Waals surface area contributed by atoms with Crippen LogP contribution in [0.1, 0.15) is 40.2 Å². The Morgan fingerprint density at radius 3 is 2.63 bits per heavy atom. The normalized spacial score (nSPS) is 14.3. The number of aryl methyl sites for hydroxylation is 1. The number of hydrogen-bond acceptors (Lipinski definition) is 7. The maximum absolute atomic E-state index is 13.0. The van der Waals surface area contributed by atoms with Gasteiger partial charge in [-0.15, -0.1) is 0 Å². The van der Waals surface area contributed by atoms with Crippen molar-refractivity contribution in [2.75, 3.05) is 23.8 Å². The first kappa shape index (κ1) is 24.1. The van der Waals surface area contributed by atoms with Gasteiger partial charge in [-0.05, 0) is 44.0 Å². The predicted octanol–water partition coefficient (Wildman–Crippen LogP) is 4.58. The second-order valence-electron chi connectivity index (χ2n) is 8.00. The number of halogens is 3. The molecule has 3 aromatic rings. The molecule has 8 nitrogen and oxygen atoms in total. The van der Waals surface area contributed by atoms with Crippen molar-refractivity contribution in [2.24, 2.45) is 0 Å². The third-order valence-corrected chi connectivity index (χ3v) is 5.55. The number of alkyl halides is 3. The van der Waals surface area contributed by atoms with Crippen LogP contribution in [0.15, 0.2) is 42.9 Å². The summed E-state index contributed by atoms with van der Waals surface area (Å²) in [5, 5.41) is 15.5. The van der Waals surface area contributed by atoms with E-state index in [-0.39, 0.29) is 17.4 Å². The van der Waals surface area contributed by atoms with Crippen molar-refractivity contribution in [3.8, 4) is 17.2 Å². The Bertz CT molecular complexity index is 1280. The summed E-state index contributed by atoms with van der Waals surface area (Å²) >= 11 is 0. The van der Waals surface area contributed by atoms with E-state index in [1.807, 2.05) is 0 Å². The van der Waals surface area contributed by atoms with Crippen LogP contribution in [0.4, 0.5) is 24.7 Å². The molecule has 0 bridgehead atoms. The summed E-state index contributed by atoms with van der Waals surface area (Å²) in [5.74, 6) is -0.326. The van der Waals surface area contributed by atoms with Crippen molar-refractivity contribution < 1.29 is 22.7 Å². The van der Waals surface area contributed by atoms with Gasteiger partial charge in [0.15, 0.2) is 0 Å². The van der Waals surface area contributed by atoms with Crippen molar-refractivity contribution in [3.05, 3.63) is 65.4 Å². The first-order chi connectivity index (χ1) is 16.7. The van der Waals surface area contributed by atoms with Gasteiger partial charge in [0, 0.05) is 48.5 Å². The average molecular weight is 482 g/mol. The summed E-state index contributed by atoms with van der Waals surface area (Å²) in [6.45, 7) is 3.06. The third kappa shape index (κ3) is 5.73. The van der Waals surface area contributed by atoms with Gasteiger partial charge in [0.05, 0.1) is 23.0 Å². The van der Waals surface area contributed by atoms with Crippen LogP contribution in [0, 0.1) is 18.3 Å². The fraction of sp³-hybridized carbons (Fsp3) is 0.292. The summed E-state index contributed by atoms with van der Waals surface area (Å²) < 4.78 is 44.2. The van der Waals surface area contributed by atoms with Crippen LogP contribution in [0.2, 0.25) is 0 Å². The quantitative estimate of drug-likeness (QED) is 0.547. The molecule has 0 saturated carbocycles. The number of carbonyl (C=O) groups is 1. The molecule has 1 aliphatic rings. The molecular weight excluding hydrogens is 461 g/mol. The van der Waals surface area contributed by atoms with Crippen LogP contribution in [0.25, 0.3) is 11.1 Å². The predicted molar refractivity (Wildman–Crippen MR) is 122 cm³/mol. The Morgan fingerprint density at radius 1 is 1.14 bits per heavy atom. The Hall–Kier alpha value is -4.04. The molecule has 4 rings (SSSR count). The highest BCUT2D eigenvalue weighted by Crippen LogP contribution is 2.30. The molecular formula is C24H21F3N6O2. The molecule has 11 heteroatoms. The molecule has 2 N–H and O–H groups in total. The minimum atomic E-state index is -4.59. The van der Waals surface area contributed by atoms with Crippen molar-refractivity contribution in [3.63, 3.8) is 0 Å². The minimum Gasteiger partial charge on any atom is -0.381 e. The van der Waals surface area contributed by atoms with E-state index in [1.165, 1.54) is 6.20 Å². The molecule has 3 aromatic heterocycles. The highest BCUT2D eigenvalue weighted by Gasteiger charge is 2.31. The molecule has 0 radical (unpaired) electrons. The van der Waals surface area contributed by atoms with E-state index < -0.39 is 17.6 Å². The summed E-state index contributed by atoms with van der Waals surface area (Å²) in [6, 6.07) is 7.10. The molecule has 0 unspecified atom stereocenters. The van der Waals surface area contributed by atoms with Crippen LogP contribution < -0.4 is 10.6 Å². The lowest BCUT2D eigenvalue weighted by molar-refractivity contribution is -0.137. The van der Waals surface area contributed by atoms with E-state index in [2.05, 4.69) is 31.7 Å². The molecule has 35 heavy (non-hydrogen) atoms. The SMILES string of the molecule is Cc1ncc(NC(=O)c2cc(C(F)(F)F)ccn2)cc1-c1cnc(NC2CCOCC2)c(C#N)c1. The molecule has 180 valence electrons. The highest BCUT2D eigenvalue weighted by atomic mass is 19.4. The topological polar surface area (TPSA) is 113 Å². The summed E-state index contributed by atoms with van der Waals surface area (Å²) in [7, 11) is 0. The van der Waals surface area contributed by atoms with Gasteiger partial charge >= 0.3 is 6.18 Å². The zero-order valence-electron chi connectivity index (χ0n) is 18.7. The standard InChI is InChI=1S/C24H21F3N6O2/c1-14-20(16-8-15(11-28)22(31-12-16)32-18-3-6-35-7-4-18)10-19(13-30-14)33-23(34)21-9-17(2-5-29-21)24(25,26)27/h2,5,8-10,12-13,18H,3-4,6-7H2,1H3,(H,31,32)(H,33,34). The number of ether oxygens (including phenoxy) is 1. The van der Waals surface area contributed by atoms with E-state index in [1.54, 1.807) is 25.3 Å². The van der Waals surface area contributed by atoms with E-state index in [0.717, 1.165) is 25.1 Å². The largest absolute Gasteiger partial charge is 0.416 e. The lowest BCUT2D eigenvalue weighted by atomic mass is 10.0. The summed E-state index contributed by atoms with van der Waals surface area (Å²) in [5.41, 5.74) is 1.12. The summed E-state index contributed by atoms with van der Waals surface area (Å²) in [6.07, 6.45) is 0.978. The molecule has 0 spiro atoms. The van der Waals surface area contributed by atoms with E-state index in [4.69, 9.17) is 4.74 Å². The lowest BCUT2D eigenvalue weighted by Crippen LogP contribution is -2.28. The second-order valence-corrected chi connectivity index (χ2v) is 8.00. The van der Waals surface area contributed by atoms with Crippen LogP contribution in [-0.4, -0.2) is 40.1 Å². The number of amides is 1. The highest BCUT2D eigenvalue weighted by molar-refractivity contribution is 6.03. The van der Waals surface area contributed by atoms with Gasteiger partial charge in [-0.1, -0.05) is 0 Å². The fourth-order valence-corrected chi connectivity index (χ4v) is 3.67. The Balaban J connectivity index is 1.56. The number of aromatic nitrogens is 3. The van der Waals surface area contributed by atoms with E-state index >= 15 is 0 Å². The maximum Gasteiger partial charge on any atom is 0.416 e. The van der Waals surface area contributed by atoms with E-state index in [0.29, 0.717) is 47.5 Å². The second kappa shape index (κ2) is 10.1. The number of nitrogens with zero attached hydrogens (tertiary/aromatic N) is 4. The van der Waals surface area contributed by atoms with E-state index in [9.17, 15) is 23.2 Å². The first-order valence-corrected chi connectivity index (χ1v) is 10.8. The number of nitrogens with one attached hydrogen (secondary N) is 2. The van der Waals surface area contributed by atoms with Crippen LogP contribution >= 0.6 is 0 Å². The first-order valence-electron chi connectivity index (χ1n) is 10.8. The molecule has 1 fully saturated rings. The molecule has 1 amide bonds. The Kier molecular flexibility index (Phi) is 6.93. The average Bonchev–Trinajstić information content (AvgIpc) is 2.85. The fourth-order valence-electron chi connectivity index (χ4n) is 3.67. The number of anilines is 2. The van der Waals surface area contributed by atoms with Gasteiger partial charge in [0.2, 0.25) is 0 Å². The molecule has 1 aliphatic heterocycles. The minimum absolute atomic E-state index is 0.167. The molecule has 0 aliphatic carbocycles. The van der Waals surface area contributed by atoms with Gasteiger partial charge in [-0.2, -0.15) is 18.4 Å². The van der Waals surface area contributed by atoms with Crippen LogP contribution in [0.3, 0.4) is 0 Å². The van der Waals surface area contributed by atoms with Gasteiger partial charge < -0.3 is 15.4 Å². The molecule has 4 heterocycles. The van der Waals surface area contributed by atoms with Crippen LogP contribution in [-0.2, 0) is 10.9 Å². The number of pyridine rings is 3. The lowest BCUT2D eigenvalue weighted by Gasteiger charge is -2.24. The molecule has 0 aromatic carbocycles. The van der Waals surface area contributed by atoms with Crippen molar-refractivity contribution in [1.29, 1.82) is 5.26 Å². The number of hydrogen-bond donors (Lipinski definition) is 2. The smallest absolute Gasteiger partial charge is 0.381 e. The monoisotopic (exact) mass is 482 g/mol. The van der Waals surface area contributed by atoms with Gasteiger partial charge in [-0.25, -0.2) is 4.98 Å². The van der Waals surface area contributed by atoms with Crippen molar-refractivity contribution in [1.82, 2.24) is 15.0 Å². The third-order valence-electron chi connectivity index (χ3n) is 5.55. The zero-order chi connectivity index (χ0) is 25.0.